The van der Waals surface area contributed by atoms with Crippen LogP contribution in [0.5, 0.6) is 5.75 Å². The summed E-state index contributed by atoms with van der Waals surface area (Å²) in [4.78, 5) is 16.9. The van der Waals surface area contributed by atoms with Gasteiger partial charge in [0.25, 0.3) is 0 Å². The highest BCUT2D eigenvalue weighted by Gasteiger charge is 2.48. The smallest absolute Gasteiger partial charge is 0.240 e. The molecule has 2 aromatic rings. The van der Waals surface area contributed by atoms with Gasteiger partial charge < -0.3 is 10.1 Å². The minimum absolute atomic E-state index is 0.00867. The molecule has 0 unspecified atom stereocenters. The number of amides is 1. The molecule has 2 aliphatic heterocycles. The van der Waals surface area contributed by atoms with Crippen molar-refractivity contribution in [3.63, 3.8) is 0 Å². The first-order valence-electron chi connectivity index (χ1n) is 9.48. The van der Waals surface area contributed by atoms with Gasteiger partial charge in [-0.2, -0.15) is 0 Å². The molecule has 1 aromatic carbocycles. The third-order valence-corrected chi connectivity index (χ3v) is 5.47. The summed E-state index contributed by atoms with van der Waals surface area (Å²) >= 11 is 0. The molecule has 142 valence electrons. The number of hydrogen-bond donors (Lipinski definition) is 2. The molecule has 5 nitrogen and oxygen atoms in total. The molecular formula is C21H24FN3O2. The topological polar surface area (TPSA) is 63.2 Å². The van der Waals surface area contributed by atoms with Crippen molar-refractivity contribution in [2.24, 2.45) is 0 Å². The third-order valence-electron chi connectivity index (χ3n) is 5.47. The van der Waals surface area contributed by atoms with Crippen LogP contribution in [0.15, 0.2) is 30.3 Å². The Labute approximate surface area is 158 Å². The Morgan fingerprint density at radius 3 is 2.89 bits per heavy atom. The fraction of sp³-hybridized carbons (Fsp3) is 0.429. The van der Waals surface area contributed by atoms with Crippen LogP contribution in [0.1, 0.15) is 43.6 Å². The number of ether oxygens (including phenoxy) is 1. The minimum atomic E-state index is -0.476. The Morgan fingerprint density at radius 1 is 1.30 bits per heavy atom. The van der Waals surface area contributed by atoms with Crippen LogP contribution in [0.4, 0.5) is 4.39 Å². The average Bonchev–Trinajstić information content (AvgIpc) is 3.24. The quantitative estimate of drug-likeness (QED) is 0.868. The van der Waals surface area contributed by atoms with Crippen molar-refractivity contribution >= 4 is 5.91 Å². The fourth-order valence-corrected chi connectivity index (χ4v) is 4.15. The van der Waals surface area contributed by atoms with Gasteiger partial charge in [-0.15, -0.1) is 0 Å². The summed E-state index contributed by atoms with van der Waals surface area (Å²) in [5.41, 5.74) is 2.47. The minimum Gasteiger partial charge on any atom is -0.494 e. The molecule has 0 bridgehead atoms. The third kappa shape index (κ3) is 3.30. The molecule has 27 heavy (non-hydrogen) atoms. The molecule has 6 heteroatoms. The molecular weight excluding hydrogens is 345 g/mol. The van der Waals surface area contributed by atoms with Crippen LogP contribution in [0.25, 0.3) is 11.1 Å². The van der Waals surface area contributed by atoms with Crippen molar-refractivity contribution in [2.45, 2.75) is 44.7 Å². The van der Waals surface area contributed by atoms with Gasteiger partial charge in [0.05, 0.1) is 18.3 Å². The molecule has 1 amide bonds. The first kappa shape index (κ1) is 17.9. The maximum Gasteiger partial charge on any atom is 0.240 e. The van der Waals surface area contributed by atoms with Gasteiger partial charge in [0.1, 0.15) is 17.1 Å². The van der Waals surface area contributed by atoms with E-state index >= 15 is 0 Å². The Bertz CT molecular complexity index is 886. The van der Waals surface area contributed by atoms with Gasteiger partial charge in [0.15, 0.2) is 0 Å². The van der Waals surface area contributed by atoms with Crippen molar-refractivity contribution < 1.29 is 13.9 Å². The van der Waals surface area contributed by atoms with Crippen molar-refractivity contribution in [1.82, 2.24) is 15.6 Å². The van der Waals surface area contributed by atoms with E-state index in [1.807, 2.05) is 26.0 Å². The zero-order valence-corrected chi connectivity index (χ0v) is 15.6. The van der Waals surface area contributed by atoms with Gasteiger partial charge in [-0.05, 0) is 69.0 Å². The lowest BCUT2D eigenvalue weighted by Crippen LogP contribution is -2.47. The number of rotatable bonds is 4. The largest absolute Gasteiger partial charge is 0.494 e. The molecule has 4 rings (SSSR count). The fourth-order valence-electron chi connectivity index (χ4n) is 4.15. The summed E-state index contributed by atoms with van der Waals surface area (Å²) < 4.78 is 20.0. The number of hydrogen-bond acceptors (Lipinski definition) is 4. The van der Waals surface area contributed by atoms with Gasteiger partial charge in [-0.3, -0.25) is 15.1 Å². The molecule has 3 heterocycles. The lowest BCUT2D eigenvalue weighted by atomic mass is 9.96. The standard InChI is InChI=1S/C21H24FN3O2/c1-3-27-15-4-5-17(22)16(12-15)14-10-13(2)24-19(11-14)18-6-7-21(25-18)8-9-23-20(21)26/h4-5,10-12,18,25H,3,6-9H2,1-2H3,(H,23,26)/t18-,21+/m1/s1. The Morgan fingerprint density at radius 2 is 2.15 bits per heavy atom. The van der Waals surface area contributed by atoms with Crippen LogP contribution in [0.2, 0.25) is 0 Å². The summed E-state index contributed by atoms with van der Waals surface area (Å²) in [5, 5.41) is 6.40. The van der Waals surface area contributed by atoms with E-state index in [0.717, 1.165) is 36.2 Å². The summed E-state index contributed by atoms with van der Waals surface area (Å²) in [5.74, 6) is 0.430. The summed E-state index contributed by atoms with van der Waals surface area (Å²) in [6.07, 6.45) is 2.43. The van der Waals surface area contributed by atoms with Crippen molar-refractivity contribution in [3.05, 3.63) is 47.5 Å². The number of nitrogens with one attached hydrogen (secondary N) is 2. The molecule has 2 fully saturated rings. The van der Waals surface area contributed by atoms with Crippen LogP contribution in [0.3, 0.4) is 0 Å². The molecule has 1 aromatic heterocycles. The second kappa shape index (κ2) is 6.93. The van der Waals surface area contributed by atoms with Crippen LogP contribution in [-0.4, -0.2) is 29.6 Å². The van der Waals surface area contributed by atoms with Crippen LogP contribution in [0, 0.1) is 12.7 Å². The number of carbonyl (C=O) groups is 1. The lowest BCUT2D eigenvalue weighted by Gasteiger charge is -2.22. The van der Waals surface area contributed by atoms with Crippen LogP contribution >= 0.6 is 0 Å². The molecule has 1 spiro atoms. The average molecular weight is 369 g/mol. The van der Waals surface area contributed by atoms with E-state index in [9.17, 15) is 9.18 Å². The SMILES string of the molecule is CCOc1ccc(F)c(-c2cc(C)nc([C@H]3CC[C@@]4(CCNC4=O)N3)c2)c1. The van der Waals surface area contributed by atoms with E-state index in [1.165, 1.54) is 6.07 Å². The predicted octanol–water partition coefficient (Wildman–Crippen LogP) is 3.28. The van der Waals surface area contributed by atoms with E-state index in [4.69, 9.17) is 4.74 Å². The van der Waals surface area contributed by atoms with E-state index in [0.29, 0.717) is 24.5 Å². The zero-order valence-electron chi connectivity index (χ0n) is 15.6. The zero-order chi connectivity index (χ0) is 19.0. The lowest BCUT2D eigenvalue weighted by molar-refractivity contribution is -0.124. The van der Waals surface area contributed by atoms with E-state index in [1.54, 1.807) is 12.1 Å². The van der Waals surface area contributed by atoms with Gasteiger partial charge in [0, 0.05) is 17.8 Å². The van der Waals surface area contributed by atoms with Gasteiger partial charge in [-0.25, -0.2) is 4.39 Å². The van der Waals surface area contributed by atoms with Crippen molar-refractivity contribution in [3.8, 4) is 16.9 Å². The van der Waals surface area contributed by atoms with Gasteiger partial charge in [-0.1, -0.05) is 0 Å². The molecule has 2 saturated heterocycles. The van der Waals surface area contributed by atoms with Crippen LogP contribution in [-0.2, 0) is 4.79 Å². The second-order valence-electron chi connectivity index (χ2n) is 7.32. The molecule has 0 radical (unpaired) electrons. The summed E-state index contributed by atoms with van der Waals surface area (Å²) in [6.45, 7) is 5.05. The summed E-state index contributed by atoms with van der Waals surface area (Å²) in [6, 6.07) is 8.59. The molecule has 0 saturated carbocycles. The summed E-state index contributed by atoms with van der Waals surface area (Å²) in [7, 11) is 0. The number of benzene rings is 1. The number of aryl methyl sites for hydroxylation is 1. The highest BCUT2D eigenvalue weighted by atomic mass is 19.1. The number of aromatic nitrogens is 1. The number of nitrogens with zero attached hydrogens (tertiary/aromatic N) is 1. The number of pyridine rings is 1. The monoisotopic (exact) mass is 369 g/mol. The predicted molar refractivity (Wildman–Crippen MR) is 101 cm³/mol. The number of halogens is 1. The second-order valence-corrected chi connectivity index (χ2v) is 7.32. The Hall–Kier alpha value is -2.47. The number of carbonyl (C=O) groups excluding carboxylic acids is 1. The molecule has 2 N–H and O–H groups in total. The molecule has 0 aliphatic carbocycles. The van der Waals surface area contributed by atoms with E-state index in [2.05, 4.69) is 15.6 Å². The normalized spacial score (nSPS) is 24.4. The Kier molecular flexibility index (Phi) is 4.60. The van der Waals surface area contributed by atoms with Gasteiger partial charge in [0.2, 0.25) is 5.91 Å². The highest BCUT2D eigenvalue weighted by molar-refractivity contribution is 5.88. The van der Waals surface area contributed by atoms with E-state index < -0.39 is 5.54 Å². The maximum atomic E-state index is 14.5. The van der Waals surface area contributed by atoms with E-state index in [-0.39, 0.29) is 17.8 Å². The molecule has 2 atom stereocenters. The highest BCUT2D eigenvalue weighted by Crippen LogP contribution is 2.38. The maximum absolute atomic E-state index is 14.5. The first-order chi connectivity index (χ1) is 13.0. The Balaban J connectivity index is 1.67. The van der Waals surface area contributed by atoms with Crippen LogP contribution < -0.4 is 15.4 Å². The van der Waals surface area contributed by atoms with Gasteiger partial charge >= 0.3 is 0 Å². The van der Waals surface area contributed by atoms with Crippen molar-refractivity contribution in [2.75, 3.05) is 13.2 Å². The molecule has 2 aliphatic rings. The first-order valence-corrected chi connectivity index (χ1v) is 9.48. The van der Waals surface area contributed by atoms with Crippen molar-refractivity contribution in [1.29, 1.82) is 0 Å².